The van der Waals surface area contributed by atoms with Gasteiger partial charge in [-0.2, -0.15) is 13.2 Å². The number of carbonyl (C=O) groups excluding carboxylic acids is 2. The van der Waals surface area contributed by atoms with Crippen molar-refractivity contribution < 1.29 is 27.5 Å². The van der Waals surface area contributed by atoms with E-state index in [0.29, 0.717) is 0 Å². The summed E-state index contributed by atoms with van der Waals surface area (Å²) in [6, 6.07) is -0.906. The molecule has 0 aliphatic heterocycles. The highest BCUT2D eigenvalue weighted by Gasteiger charge is 2.39. The maximum absolute atomic E-state index is 11.7. The van der Waals surface area contributed by atoms with E-state index in [2.05, 4.69) is 4.74 Å². The molecule has 0 aliphatic carbocycles. The SMILES string of the molecule is COC(=O)C[C@@H](C)NC(=O)C(F)(F)F. The normalized spacial score (nSPS) is 13.2. The van der Waals surface area contributed by atoms with Crippen LogP contribution in [0, 0.1) is 0 Å². The van der Waals surface area contributed by atoms with Crippen molar-refractivity contribution in [3.8, 4) is 0 Å². The molecular weight excluding hydrogens is 203 g/mol. The van der Waals surface area contributed by atoms with Crippen LogP contribution in [0.5, 0.6) is 0 Å². The van der Waals surface area contributed by atoms with Crippen molar-refractivity contribution in [1.29, 1.82) is 0 Å². The van der Waals surface area contributed by atoms with Gasteiger partial charge < -0.3 is 10.1 Å². The van der Waals surface area contributed by atoms with Crippen LogP contribution in [0.3, 0.4) is 0 Å². The zero-order valence-corrected chi connectivity index (χ0v) is 7.64. The maximum atomic E-state index is 11.7. The number of hydrogen-bond acceptors (Lipinski definition) is 3. The number of alkyl halides is 3. The number of methoxy groups -OCH3 is 1. The molecule has 0 saturated heterocycles. The Morgan fingerprint density at radius 2 is 1.93 bits per heavy atom. The second kappa shape index (κ2) is 4.83. The Hall–Kier alpha value is -1.27. The van der Waals surface area contributed by atoms with Crippen LogP contribution in [-0.4, -0.2) is 31.2 Å². The Morgan fingerprint density at radius 1 is 1.43 bits per heavy atom. The molecule has 1 amide bonds. The molecular formula is C7H10F3NO3. The van der Waals surface area contributed by atoms with Crippen molar-refractivity contribution in [1.82, 2.24) is 5.32 Å². The van der Waals surface area contributed by atoms with Crippen LogP contribution in [-0.2, 0) is 14.3 Å². The number of carbonyl (C=O) groups is 2. The number of halogens is 3. The van der Waals surface area contributed by atoms with Gasteiger partial charge in [0, 0.05) is 6.04 Å². The summed E-state index contributed by atoms with van der Waals surface area (Å²) in [6.07, 6.45) is -5.22. The summed E-state index contributed by atoms with van der Waals surface area (Å²) in [5.74, 6) is -2.74. The van der Waals surface area contributed by atoms with E-state index in [0.717, 1.165) is 7.11 Å². The van der Waals surface area contributed by atoms with Gasteiger partial charge in [-0.25, -0.2) is 0 Å². The average Bonchev–Trinajstić information content (AvgIpc) is 2.02. The van der Waals surface area contributed by atoms with Crippen LogP contribution in [0.2, 0.25) is 0 Å². The summed E-state index contributed by atoms with van der Waals surface area (Å²) in [5.41, 5.74) is 0. The third kappa shape index (κ3) is 4.68. The summed E-state index contributed by atoms with van der Waals surface area (Å²) in [6.45, 7) is 1.28. The van der Waals surface area contributed by atoms with E-state index in [4.69, 9.17) is 0 Å². The summed E-state index contributed by atoms with van der Waals surface area (Å²) in [5, 5.41) is 1.62. The molecule has 0 unspecified atom stereocenters. The number of nitrogens with one attached hydrogen (secondary N) is 1. The van der Waals surface area contributed by atoms with E-state index in [-0.39, 0.29) is 6.42 Å². The lowest BCUT2D eigenvalue weighted by atomic mass is 10.2. The third-order valence-electron chi connectivity index (χ3n) is 1.34. The lowest BCUT2D eigenvalue weighted by molar-refractivity contribution is -0.174. The van der Waals surface area contributed by atoms with E-state index >= 15 is 0 Å². The molecule has 4 nitrogen and oxygen atoms in total. The van der Waals surface area contributed by atoms with Gasteiger partial charge in [-0.1, -0.05) is 0 Å². The van der Waals surface area contributed by atoms with E-state index in [1.165, 1.54) is 6.92 Å². The van der Waals surface area contributed by atoms with E-state index in [9.17, 15) is 22.8 Å². The van der Waals surface area contributed by atoms with E-state index in [1.54, 1.807) is 5.32 Å². The Labute approximate surface area is 78.4 Å². The Morgan fingerprint density at radius 3 is 2.29 bits per heavy atom. The Bertz CT molecular complexity index is 227. The molecule has 0 aromatic carbocycles. The van der Waals surface area contributed by atoms with Crippen LogP contribution in [0.25, 0.3) is 0 Å². The minimum Gasteiger partial charge on any atom is -0.469 e. The molecule has 0 aliphatic rings. The molecule has 0 spiro atoms. The number of rotatable bonds is 3. The van der Waals surface area contributed by atoms with Crippen LogP contribution in [0.4, 0.5) is 13.2 Å². The third-order valence-corrected chi connectivity index (χ3v) is 1.34. The fourth-order valence-corrected chi connectivity index (χ4v) is 0.690. The van der Waals surface area contributed by atoms with Crippen LogP contribution >= 0.6 is 0 Å². The molecule has 0 fully saturated rings. The van der Waals surface area contributed by atoms with E-state index in [1.807, 2.05) is 0 Å². The second-order valence-electron chi connectivity index (χ2n) is 2.65. The van der Waals surface area contributed by atoms with Gasteiger partial charge >= 0.3 is 18.1 Å². The smallest absolute Gasteiger partial charge is 0.469 e. The molecule has 0 aromatic heterocycles. The molecule has 82 valence electrons. The molecule has 0 saturated carbocycles. The average molecular weight is 213 g/mol. The zero-order chi connectivity index (χ0) is 11.4. The number of amides is 1. The predicted molar refractivity (Wildman–Crippen MR) is 40.3 cm³/mol. The Balaban J connectivity index is 4.01. The summed E-state index contributed by atoms with van der Waals surface area (Å²) in [7, 11) is 1.11. The van der Waals surface area contributed by atoms with Crippen LogP contribution in [0.15, 0.2) is 0 Å². The maximum Gasteiger partial charge on any atom is 0.471 e. The Kier molecular flexibility index (Phi) is 4.39. The van der Waals surface area contributed by atoms with E-state index < -0.39 is 24.1 Å². The van der Waals surface area contributed by atoms with Crippen molar-refractivity contribution in [3.63, 3.8) is 0 Å². The highest BCUT2D eigenvalue weighted by atomic mass is 19.4. The fraction of sp³-hybridized carbons (Fsp3) is 0.714. The van der Waals surface area contributed by atoms with Crippen molar-refractivity contribution in [3.05, 3.63) is 0 Å². The number of ether oxygens (including phenoxy) is 1. The van der Waals surface area contributed by atoms with Gasteiger partial charge in [-0.3, -0.25) is 9.59 Å². The van der Waals surface area contributed by atoms with Gasteiger partial charge in [0.1, 0.15) is 0 Å². The molecule has 7 heteroatoms. The predicted octanol–water partition coefficient (Wildman–Crippen LogP) is 0.616. The van der Waals surface area contributed by atoms with Gasteiger partial charge in [0.2, 0.25) is 0 Å². The lowest BCUT2D eigenvalue weighted by Gasteiger charge is -2.13. The molecule has 0 bridgehead atoms. The van der Waals surface area contributed by atoms with Crippen molar-refractivity contribution in [2.75, 3.05) is 7.11 Å². The van der Waals surface area contributed by atoms with Crippen molar-refractivity contribution in [2.45, 2.75) is 25.6 Å². The minimum absolute atomic E-state index is 0.293. The fourth-order valence-electron chi connectivity index (χ4n) is 0.690. The quantitative estimate of drug-likeness (QED) is 0.699. The summed E-state index contributed by atoms with van der Waals surface area (Å²) < 4.78 is 39.3. The van der Waals surface area contributed by atoms with Gasteiger partial charge in [0.15, 0.2) is 0 Å². The number of hydrogen-bond donors (Lipinski definition) is 1. The molecule has 14 heavy (non-hydrogen) atoms. The first-order valence-electron chi connectivity index (χ1n) is 3.72. The largest absolute Gasteiger partial charge is 0.471 e. The monoisotopic (exact) mass is 213 g/mol. The summed E-state index contributed by atoms with van der Waals surface area (Å²) in [4.78, 5) is 21.0. The summed E-state index contributed by atoms with van der Waals surface area (Å²) >= 11 is 0. The van der Waals surface area contributed by atoms with Crippen molar-refractivity contribution in [2.24, 2.45) is 0 Å². The first kappa shape index (κ1) is 12.7. The highest BCUT2D eigenvalue weighted by molar-refractivity contribution is 5.82. The first-order chi connectivity index (χ1) is 6.27. The van der Waals surface area contributed by atoms with Gasteiger partial charge in [-0.15, -0.1) is 0 Å². The van der Waals surface area contributed by atoms with Gasteiger partial charge in [0.05, 0.1) is 13.5 Å². The molecule has 1 N–H and O–H groups in total. The van der Waals surface area contributed by atoms with Gasteiger partial charge in [0.25, 0.3) is 0 Å². The van der Waals surface area contributed by atoms with Crippen molar-refractivity contribution >= 4 is 11.9 Å². The zero-order valence-electron chi connectivity index (χ0n) is 7.64. The minimum atomic E-state index is -4.93. The highest BCUT2D eigenvalue weighted by Crippen LogP contribution is 2.14. The molecule has 0 aromatic rings. The molecule has 0 heterocycles. The number of esters is 1. The lowest BCUT2D eigenvalue weighted by Crippen LogP contribution is -2.42. The standard InChI is InChI=1S/C7H10F3NO3/c1-4(3-5(12)14-2)11-6(13)7(8,9)10/h4H,3H2,1-2H3,(H,11,13)/t4-/m1/s1. The molecule has 0 radical (unpaired) electrons. The topological polar surface area (TPSA) is 55.4 Å². The molecule has 0 rings (SSSR count). The second-order valence-corrected chi connectivity index (χ2v) is 2.65. The van der Waals surface area contributed by atoms with Crippen LogP contribution in [0.1, 0.15) is 13.3 Å². The molecule has 1 atom stereocenters. The first-order valence-corrected chi connectivity index (χ1v) is 3.72. The van der Waals surface area contributed by atoms with Crippen LogP contribution < -0.4 is 5.32 Å². The van der Waals surface area contributed by atoms with Gasteiger partial charge in [-0.05, 0) is 6.92 Å².